The van der Waals surface area contributed by atoms with Gasteiger partial charge in [-0.1, -0.05) is 36.9 Å². The van der Waals surface area contributed by atoms with Crippen molar-refractivity contribution in [3.05, 3.63) is 48.0 Å². The first-order chi connectivity index (χ1) is 8.09. The van der Waals surface area contributed by atoms with E-state index in [4.69, 9.17) is 4.74 Å². The van der Waals surface area contributed by atoms with Crippen LogP contribution in [0.4, 0.5) is 0 Å². The van der Waals surface area contributed by atoms with Crippen LogP contribution in [0.3, 0.4) is 0 Å². The van der Waals surface area contributed by atoms with Crippen LogP contribution >= 0.6 is 0 Å². The number of hydrogen-bond donors (Lipinski definition) is 0. The molecule has 92 valence electrons. The molecule has 0 atom stereocenters. The molecule has 0 saturated heterocycles. The van der Waals surface area contributed by atoms with Crippen LogP contribution in [0.2, 0.25) is 0 Å². The maximum Gasteiger partial charge on any atom is 0.333 e. The number of benzene rings is 1. The number of hydrogen-bond acceptors (Lipinski definition) is 3. The quantitative estimate of drug-likeness (QED) is 0.557. The first-order valence-corrected chi connectivity index (χ1v) is 5.64. The lowest BCUT2D eigenvalue weighted by Crippen LogP contribution is -2.24. The zero-order chi connectivity index (χ0) is 12.7. The van der Waals surface area contributed by atoms with E-state index in [9.17, 15) is 4.79 Å². The molecule has 0 fully saturated rings. The number of rotatable bonds is 6. The van der Waals surface area contributed by atoms with E-state index in [-0.39, 0.29) is 5.97 Å². The predicted molar refractivity (Wildman–Crippen MR) is 68.5 cm³/mol. The summed E-state index contributed by atoms with van der Waals surface area (Å²) in [6.07, 6.45) is 0. The van der Waals surface area contributed by atoms with Gasteiger partial charge in [0.25, 0.3) is 0 Å². The molecule has 0 aliphatic rings. The molecule has 0 saturated carbocycles. The highest BCUT2D eigenvalue weighted by atomic mass is 16.5. The van der Waals surface area contributed by atoms with E-state index in [1.165, 1.54) is 5.56 Å². The molecule has 0 aromatic heterocycles. The van der Waals surface area contributed by atoms with E-state index in [0.29, 0.717) is 18.7 Å². The second-order valence-corrected chi connectivity index (χ2v) is 4.14. The SMILES string of the molecule is C=C(C)C(=O)OCCN(C)Cc1ccccc1. The minimum absolute atomic E-state index is 0.321. The second-order valence-electron chi connectivity index (χ2n) is 4.14. The second kappa shape index (κ2) is 6.86. The molecular weight excluding hydrogens is 214 g/mol. The molecule has 0 amide bonds. The normalized spacial score (nSPS) is 10.3. The van der Waals surface area contributed by atoms with Gasteiger partial charge in [0.1, 0.15) is 6.61 Å². The van der Waals surface area contributed by atoms with Gasteiger partial charge in [0.2, 0.25) is 0 Å². The summed E-state index contributed by atoms with van der Waals surface area (Å²) in [7, 11) is 2.00. The van der Waals surface area contributed by atoms with Gasteiger partial charge < -0.3 is 4.74 Å². The van der Waals surface area contributed by atoms with Gasteiger partial charge in [0.15, 0.2) is 0 Å². The lowest BCUT2D eigenvalue weighted by molar-refractivity contribution is -0.139. The highest BCUT2D eigenvalue weighted by Crippen LogP contribution is 2.02. The van der Waals surface area contributed by atoms with Gasteiger partial charge in [-0.25, -0.2) is 4.79 Å². The summed E-state index contributed by atoms with van der Waals surface area (Å²) < 4.78 is 5.03. The largest absolute Gasteiger partial charge is 0.461 e. The highest BCUT2D eigenvalue weighted by Gasteiger charge is 2.04. The Bertz CT molecular complexity index is 373. The molecule has 0 unspecified atom stereocenters. The fraction of sp³-hybridized carbons (Fsp3) is 0.357. The summed E-state index contributed by atoms with van der Waals surface area (Å²) >= 11 is 0. The fourth-order valence-electron chi connectivity index (χ4n) is 1.39. The summed E-state index contributed by atoms with van der Waals surface area (Å²) in [5.74, 6) is -0.321. The maximum absolute atomic E-state index is 11.1. The Morgan fingerprint density at radius 1 is 1.35 bits per heavy atom. The molecule has 1 aromatic carbocycles. The summed E-state index contributed by atoms with van der Waals surface area (Å²) in [6.45, 7) is 7.15. The number of esters is 1. The molecule has 0 aliphatic heterocycles. The lowest BCUT2D eigenvalue weighted by atomic mass is 10.2. The molecule has 0 heterocycles. The summed E-state index contributed by atoms with van der Waals surface area (Å²) in [5, 5.41) is 0. The third-order valence-electron chi connectivity index (χ3n) is 2.35. The van der Waals surface area contributed by atoms with Crippen LogP contribution < -0.4 is 0 Å². The first-order valence-electron chi connectivity index (χ1n) is 5.64. The predicted octanol–water partition coefficient (Wildman–Crippen LogP) is 2.24. The molecule has 1 rings (SSSR count). The molecule has 0 radical (unpaired) electrons. The Balaban J connectivity index is 2.24. The Hall–Kier alpha value is -1.61. The van der Waals surface area contributed by atoms with Crippen LogP contribution in [0, 0.1) is 0 Å². The van der Waals surface area contributed by atoms with Gasteiger partial charge in [-0.15, -0.1) is 0 Å². The Labute approximate surface area is 103 Å². The molecule has 0 bridgehead atoms. The van der Waals surface area contributed by atoms with Gasteiger partial charge in [0.05, 0.1) is 0 Å². The molecule has 0 N–H and O–H groups in total. The minimum Gasteiger partial charge on any atom is -0.461 e. The van der Waals surface area contributed by atoms with Crippen LogP contribution in [0.15, 0.2) is 42.5 Å². The van der Waals surface area contributed by atoms with Crippen molar-refractivity contribution in [1.29, 1.82) is 0 Å². The molecule has 0 spiro atoms. The zero-order valence-corrected chi connectivity index (χ0v) is 10.5. The van der Waals surface area contributed by atoms with Crippen molar-refractivity contribution in [2.45, 2.75) is 13.5 Å². The van der Waals surface area contributed by atoms with E-state index in [1.54, 1.807) is 6.92 Å². The Morgan fingerprint density at radius 2 is 2.00 bits per heavy atom. The van der Waals surface area contributed by atoms with Crippen molar-refractivity contribution < 1.29 is 9.53 Å². The summed E-state index contributed by atoms with van der Waals surface area (Å²) in [6, 6.07) is 10.2. The van der Waals surface area contributed by atoms with Crippen LogP contribution in [-0.2, 0) is 16.1 Å². The highest BCUT2D eigenvalue weighted by molar-refractivity contribution is 5.86. The van der Waals surface area contributed by atoms with Gasteiger partial charge in [0, 0.05) is 18.7 Å². The molecule has 3 heteroatoms. The van der Waals surface area contributed by atoms with Gasteiger partial charge in [-0.2, -0.15) is 0 Å². The van der Waals surface area contributed by atoms with Gasteiger partial charge in [-0.3, -0.25) is 4.90 Å². The van der Waals surface area contributed by atoms with Crippen LogP contribution in [0.5, 0.6) is 0 Å². The van der Waals surface area contributed by atoms with Crippen LogP contribution in [-0.4, -0.2) is 31.1 Å². The topological polar surface area (TPSA) is 29.5 Å². The zero-order valence-electron chi connectivity index (χ0n) is 10.5. The maximum atomic E-state index is 11.1. The summed E-state index contributed by atoms with van der Waals surface area (Å²) in [4.78, 5) is 13.3. The average Bonchev–Trinajstić information content (AvgIpc) is 2.30. The van der Waals surface area contributed by atoms with E-state index < -0.39 is 0 Å². The fourth-order valence-corrected chi connectivity index (χ4v) is 1.39. The van der Waals surface area contributed by atoms with Gasteiger partial charge in [-0.05, 0) is 19.5 Å². The third kappa shape index (κ3) is 5.31. The van der Waals surface area contributed by atoms with E-state index in [1.807, 2.05) is 25.2 Å². The van der Waals surface area contributed by atoms with Crippen LogP contribution in [0.1, 0.15) is 12.5 Å². The molecule has 3 nitrogen and oxygen atoms in total. The summed E-state index contributed by atoms with van der Waals surface area (Å²) in [5.41, 5.74) is 1.69. The van der Waals surface area contributed by atoms with Crippen LogP contribution in [0.25, 0.3) is 0 Å². The molecule has 17 heavy (non-hydrogen) atoms. The van der Waals surface area contributed by atoms with Crippen molar-refractivity contribution in [3.63, 3.8) is 0 Å². The Morgan fingerprint density at radius 3 is 2.59 bits per heavy atom. The molecule has 1 aromatic rings. The number of carbonyl (C=O) groups excluding carboxylic acids is 1. The molecular formula is C14H19NO2. The smallest absolute Gasteiger partial charge is 0.333 e. The minimum atomic E-state index is -0.321. The van der Waals surface area contributed by atoms with E-state index in [0.717, 1.165) is 6.54 Å². The van der Waals surface area contributed by atoms with Crippen molar-refractivity contribution in [2.75, 3.05) is 20.2 Å². The number of nitrogens with zero attached hydrogens (tertiary/aromatic N) is 1. The monoisotopic (exact) mass is 233 g/mol. The van der Waals surface area contributed by atoms with Crippen molar-refractivity contribution in [2.24, 2.45) is 0 Å². The first kappa shape index (κ1) is 13.5. The van der Waals surface area contributed by atoms with Crippen molar-refractivity contribution in [3.8, 4) is 0 Å². The van der Waals surface area contributed by atoms with Crippen molar-refractivity contribution in [1.82, 2.24) is 4.90 Å². The average molecular weight is 233 g/mol. The molecule has 0 aliphatic carbocycles. The standard InChI is InChI=1S/C14H19NO2/c1-12(2)14(16)17-10-9-15(3)11-13-7-5-4-6-8-13/h4-8H,1,9-11H2,2-3H3. The van der Waals surface area contributed by atoms with Crippen molar-refractivity contribution >= 4 is 5.97 Å². The number of likely N-dealkylation sites (N-methyl/N-ethyl adjacent to an activating group) is 1. The number of ether oxygens (including phenoxy) is 1. The van der Waals surface area contributed by atoms with Gasteiger partial charge >= 0.3 is 5.97 Å². The third-order valence-corrected chi connectivity index (χ3v) is 2.35. The lowest BCUT2D eigenvalue weighted by Gasteiger charge is -2.16. The van der Waals surface area contributed by atoms with E-state index in [2.05, 4.69) is 23.6 Å². The van der Waals surface area contributed by atoms with E-state index >= 15 is 0 Å². The Kier molecular flexibility index (Phi) is 5.43. The number of carbonyl (C=O) groups is 1.